The van der Waals surface area contributed by atoms with Gasteiger partial charge in [-0.1, -0.05) is 23.8 Å². The summed E-state index contributed by atoms with van der Waals surface area (Å²) in [6, 6.07) is 7.37. The molecule has 1 aromatic carbocycles. The molecular weight excluding hydrogens is 350 g/mol. The van der Waals surface area contributed by atoms with Crippen molar-refractivity contribution in [3.63, 3.8) is 0 Å². The van der Waals surface area contributed by atoms with Crippen LogP contribution in [0.5, 0.6) is 5.75 Å². The van der Waals surface area contributed by atoms with Crippen molar-refractivity contribution in [3.8, 4) is 5.75 Å². The first kappa shape index (κ1) is 18.8. The third-order valence-electron chi connectivity index (χ3n) is 4.92. The van der Waals surface area contributed by atoms with Gasteiger partial charge in [-0.05, 0) is 31.0 Å². The summed E-state index contributed by atoms with van der Waals surface area (Å²) in [6.45, 7) is 2.27. The summed E-state index contributed by atoms with van der Waals surface area (Å²) >= 11 is 0. The maximum absolute atomic E-state index is 12.2. The Morgan fingerprint density at radius 2 is 1.96 bits per heavy atom. The number of hydrogen-bond donors (Lipinski definition) is 1. The van der Waals surface area contributed by atoms with E-state index < -0.39 is 18.4 Å². The third kappa shape index (κ3) is 4.07. The fourth-order valence-corrected chi connectivity index (χ4v) is 3.43. The number of rotatable bonds is 5. The van der Waals surface area contributed by atoms with Crippen LogP contribution in [0.4, 0.5) is 4.79 Å². The van der Waals surface area contributed by atoms with E-state index in [0.717, 1.165) is 16.9 Å². The number of hydrogen-bond acceptors (Lipinski definition) is 6. The average molecular weight is 373 g/mol. The van der Waals surface area contributed by atoms with E-state index in [0.29, 0.717) is 18.5 Å². The maximum atomic E-state index is 12.2. The van der Waals surface area contributed by atoms with Crippen LogP contribution in [-0.2, 0) is 25.5 Å². The number of carbonyl (C=O) groups is 2. The molecule has 3 atom stereocenters. The Hall–Kier alpha value is -2.96. The molecular formula is C20H23NO6. The first-order valence-electron chi connectivity index (χ1n) is 8.71. The van der Waals surface area contributed by atoms with Gasteiger partial charge in [0.25, 0.3) is 6.29 Å². The lowest BCUT2D eigenvalue weighted by Crippen LogP contribution is -2.40. The Kier molecular flexibility index (Phi) is 5.69. The van der Waals surface area contributed by atoms with Gasteiger partial charge in [0.2, 0.25) is 0 Å². The van der Waals surface area contributed by atoms with Crippen LogP contribution < -0.4 is 10.1 Å². The van der Waals surface area contributed by atoms with E-state index in [-0.39, 0.29) is 11.8 Å². The summed E-state index contributed by atoms with van der Waals surface area (Å²) in [6.07, 6.45) is 2.71. The largest absolute Gasteiger partial charge is 0.497 e. The quantitative estimate of drug-likeness (QED) is 0.631. The molecule has 1 N–H and O–H groups in total. The van der Waals surface area contributed by atoms with Gasteiger partial charge in [-0.15, -0.1) is 0 Å². The van der Waals surface area contributed by atoms with Gasteiger partial charge in [0.1, 0.15) is 5.75 Å². The van der Waals surface area contributed by atoms with Gasteiger partial charge in [-0.3, -0.25) is 0 Å². The Morgan fingerprint density at radius 1 is 1.22 bits per heavy atom. The topological polar surface area (TPSA) is 83.1 Å². The summed E-state index contributed by atoms with van der Waals surface area (Å²) in [5.41, 5.74) is 2.41. The second-order valence-electron chi connectivity index (χ2n) is 6.49. The molecule has 1 aliphatic carbocycles. The van der Waals surface area contributed by atoms with Gasteiger partial charge in [0.15, 0.2) is 0 Å². The van der Waals surface area contributed by atoms with Crippen LogP contribution in [0.1, 0.15) is 18.9 Å². The molecule has 27 heavy (non-hydrogen) atoms. The summed E-state index contributed by atoms with van der Waals surface area (Å²) < 4.78 is 20.9. The summed E-state index contributed by atoms with van der Waals surface area (Å²) in [4.78, 5) is 24.1. The molecule has 1 amide bonds. The van der Waals surface area contributed by atoms with E-state index in [1.165, 1.54) is 13.4 Å². The van der Waals surface area contributed by atoms with E-state index >= 15 is 0 Å². The number of ether oxygens (including phenoxy) is 4. The smallest absolute Gasteiger partial charge is 0.410 e. The first-order valence-corrected chi connectivity index (χ1v) is 8.71. The van der Waals surface area contributed by atoms with Crippen LogP contribution in [0, 0.1) is 11.8 Å². The van der Waals surface area contributed by atoms with Gasteiger partial charge in [0, 0.05) is 12.5 Å². The number of methoxy groups -OCH3 is 2. The number of fused-ring (bicyclic) bond motifs is 1. The zero-order valence-electron chi connectivity index (χ0n) is 15.6. The highest BCUT2D eigenvalue weighted by Crippen LogP contribution is 2.43. The minimum atomic E-state index is -0.780. The molecule has 0 aromatic heterocycles. The van der Waals surface area contributed by atoms with Crippen LogP contribution >= 0.6 is 0 Å². The monoisotopic (exact) mass is 373 g/mol. The minimum absolute atomic E-state index is 0.106. The van der Waals surface area contributed by atoms with E-state index in [2.05, 4.69) is 5.32 Å². The van der Waals surface area contributed by atoms with Gasteiger partial charge in [-0.2, -0.15) is 0 Å². The van der Waals surface area contributed by atoms with Crippen molar-refractivity contribution in [3.05, 3.63) is 53.3 Å². The van der Waals surface area contributed by atoms with Crippen LogP contribution in [0.25, 0.3) is 0 Å². The molecule has 1 heterocycles. The normalized spacial score (nSPS) is 23.3. The molecule has 144 valence electrons. The Labute approximate surface area is 157 Å². The van der Waals surface area contributed by atoms with E-state index in [1.807, 2.05) is 37.3 Å². The van der Waals surface area contributed by atoms with Crippen molar-refractivity contribution in [2.75, 3.05) is 14.2 Å². The standard InChI is InChI=1S/C20H23NO6/c1-12-4-9-15-16(18(22)25-3)11-26-19(17(12)15)27-20(23)21-10-13-5-7-14(24-2)8-6-13/h4-8,11,15,17,19H,9-10H2,1-3H3,(H,21,23). The SMILES string of the molecule is COC(=O)C1=COC(OC(=O)NCc2ccc(OC)cc2)C2C(C)=CCC12. The number of amides is 1. The summed E-state index contributed by atoms with van der Waals surface area (Å²) in [5, 5.41) is 2.71. The van der Waals surface area contributed by atoms with E-state index in [4.69, 9.17) is 18.9 Å². The number of esters is 1. The van der Waals surface area contributed by atoms with Crippen molar-refractivity contribution >= 4 is 12.1 Å². The molecule has 0 fully saturated rings. The highest BCUT2D eigenvalue weighted by atomic mass is 16.7. The van der Waals surface area contributed by atoms with Gasteiger partial charge < -0.3 is 24.3 Å². The lowest BCUT2D eigenvalue weighted by molar-refractivity contribution is -0.141. The van der Waals surface area contributed by atoms with E-state index in [9.17, 15) is 9.59 Å². The van der Waals surface area contributed by atoms with Gasteiger partial charge in [0.05, 0.1) is 32.0 Å². The number of carbonyl (C=O) groups excluding carboxylic acids is 2. The van der Waals surface area contributed by atoms with Crippen molar-refractivity contribution in [1.29, 1.82) is 0 Å². The lowest BCUT2D eigenvalue weighted by Gasteiger charge is -2.33. The molecule has 0 spiro atoms. The molecule has 2 aliphatic rings. The molecule has 0 radical (unpaired) electrons. The van der Waals surface area contributed by atoms with E-state index in [1.54, 1.807) is 7.11 Å². The second-order valence-corrected chi connectivity index (χ2v) is 6.49. The highest BCUT2D eigenvalue weighted by molar-refractivity contribution is 5.89. The zero-order valence-corrected chi connectivity index (χ0v) is 15.6. The first-order chi connectivity index (χ1) is 13.0. The Balaban J connectivity index is 1.60. The zero-order chi connectivity index (χ0) is 19.4. The minimum Gasteiger partial charge on any atom is -0.497 e. The molecule has 1 aliphatic heterocycles. The Bertz CT molecular complexity index is 767. The van der Waals surface area contributed by atoms with Crippen molar-refractivity contribution in [2.24, 2.45) is 11.8 Å². The van der Waals surface area contributed by atoms with Gasteiger partial charge in [-0.25, -0.2) is 9.59 Å². The molecule has 0 saturated carbocycles. The highest BCUT2D eigenvalue weighted by Gasteiger charge is 2.44. The average Bonchev–Trinajstić information content (AvgIpc) is 3.08. The van der Waals surface area contributed by atoms with Crippen LogP contribution in [0.15, 0.2) is 47.7 Å². The van der Waals surface area contributed by atoms with Crippen LogP contribution in [0.2, 0.25) is 0 Å². The number of nitrogens with one attached hydrogen (secondary N) is 1. The number of alkyl carbamates (subject to hydrolysis) is 1. The number of benzene rings is 1. The van der Waals surface area contributed by atoms with Crippen molar-refractivity contribution in [2.45, 2.75) is 26.2 Å². The molecule has 3 unspecified atom stereocenters. The summed E-state index contributed by atoms with van der Waals surface area (Å²) in [7, 11) is 2.93. The summed E-state index contributed by atoms with van der Waals surface area (Å²) in [5.74, 6) is 0.0246. The maximum Gasteiger partial charge on any atom is 0.410 e. The van der Waals surface area contributed by atoms with Crippen LogP contribution in [0.3, 0.4) is 0 Å². The van der Waals surface area contributed by atoms with Crippen LogP contribution in [-0.4, -0.2) is 32.6 Å². The molecule has 7 nitrogen and oxygen atoms in total. The van der Waals surface area contributed by atoms with Crippen molar-refractivity contribution < 1.29 is 28.5 Å². The fraction of sp³-hybridized carbons (Fsp3) is 0.400. The fourth-order valence-electron chi connectivity index (χ4n) is 3.43. The predicted octanol–water partition coefficient (Wildman–Crippen LogP) is 2.92. The molecule has 7 heteroatoms. The van der Waals surface area contributed by atoms with Gasteiger partial charge >= 0.3 is 12.1 Å². The third-order valence-corrected chi connectivity index (χ3v) is 4.92. The Morgan fingerprint density at radius 3 is 2.63 bits per heavy atom. The van der Waals surface area contributed by atoms with Crippen molar-refractivity contribution in [1.82, 2.24) is 5.32 Å². The number of allylic oxidation sites excluding steroid dienone is 1. The lowest BCUT2D eigenvalue weighted by atomic mass is 9.84. The molecule has 0 saturated heterocycles. The molecule has 3 rings (SSSR count). The molecule has 0 bridgehead atoms. The second kappa shape index (κ2) is 8.16. The molecule has 1 aromatic rings. The predicted molar refractivity (Wildman–Crippen MR) is 96.6 cm³/mol.